The van der Waals surface area contributed by atoms with Gasteiger partial charge in [0.2, 0.25) is 0 Å². The molecule has 0 bridgehead atoms. The van der Waals surface area contributed by atoms with Crippen molar-refractivity contribution in [2.45, 2.75) is 25.0 Å². The minimum absolute atomic E-state index is 0.126. The number of halogens is 2. The van der Waals surface area contributed by atoms with Crippen LogP contribution in [0.3, 0.4) is 0 Å². The molecule has 20 heavy (non-hydrogen) atoms. The Balaban J connectivity index is 2.10. The van der Waals surface area contributed by atoms with E-state index in [1.54, 1.807) is 6.07 Å². The van der Waals surface area contributed by atoms with E-state index in [2.05, 4.69) is 15.9 Å². The summed E-state index contributed by atoms with van der Waals surface area (Å²) in [7, 11) is -3.46. The second-order valence-electron chi connectivity index (χ2n) is 5.38. The number of aliphatic carboxylic acids is 1. The zero-order valence-corrected chi connectivity index (χ0v) is 13.0. The summed E-state index contributed by atoms with van der Waals surface area (Å²) in [4.78, 5) is 10.7. The highest BCUT2D eigenvalue weighted by Crippen LogP contribution is 2.50. The van der Waals surface area contributed by atoms with Gasteiger partial charge in [-0.25, -0.2) is 12.8 Å². The maximum absolute atomic E-state index is 13.2. The third-order valence-corrected chi connectivity index (χ3v) is 5.60. The molecule has 1 saturated carbocycles. The quantitative estimate of drug-likeness (QED) is 0.842. The number of sulfone groups is 1. The fraction of sp³-hybridized carbons (Fsp3) is 0.462. The lowest BCUT2D eigenvalue weighted by Gasteiger charge is -2.13. The molecule has 0 aromatic heterocycles. The van der Waals surface area contributed by atoms with Crippen LogP contribution in [0.1, 0.15) is 24.8 Å². The van der Waals surface area contributed by atoms with Gasteiger partial charge >= 0.3 is 5.97 Å². The van der Waals surface area contributed by atoms with E-state index >= 15 is 0 Å². The highest BCUT2D eigenvalue weighted by Gasteiger charge is 2.47. The molecule has 0 spiro atoms. The Bertz CT molecular complexity index is 618. The van der Waals surface area contributed by atoms with Crippen LogP contribution < -0.4 is 0 Å². The van der Waals surface area contributed by atoms with Crippen molar-refractivity contribution in [2.24, 2.45) is 5.41 Å². The summed E-state index contributed by atoms with van der Waals surface area (Å²) in [6, 6.07) is 3.99. The van der Waals surface area contributed by atoms with Crippen molar-refractivity contribution in [1.82, 2.24) is 0 Å². The smallest absolute Gasteiger partial charge is 0.303 e. The molecule has 0 radical (unpaired) electrons. The van der Waals surface area contributed by atoms with E-state index in [-0.39, 0.29) is 17.9 Å². The largest absolute Gasteiger partial charge is 0.481 e. The molecule has 7 heteroatoms. The lowest BCUT2D eigenvalue weighted by molar-refractivity contribution is -0.138. The standard InChI is InChI=1S/C13H14BrFO4S/c14-10-3-9(4-11(15)5-10)7-20(18,19)8-13(1-2-13)6-12(16)17/h3-5H,1-2,6-8H2,(H,16,17). The first-order chi connectivity index (χ1) is 9.20. The fourth-order valence-corrected chi connectivity index (χ4v) is 4.95. The van der Waals surface area contributed by atoms with Crippen LogP contribution in [0, 0.1) is 11.2 Å². The molecule has 4 nitrogen and oxygen atoms in total. The van der Waals surface area contributed by atoms with E-state index in [9.17, 15) is 17.6 Å². The highest BCUT2D eigenvalue weighted by molar-refractivity contribution is 9.10. The Kier molecular flexibility index (Phi) is 4.20. The molecule has 0 heterocycles. The summed E-state index contributed by atoms with van der Waals surface area (Å²) in [5.41, 5.74) is -0.252. The number of carboxylic acid groups (broad SMARTS) is 1. The monoisotopic (exact) mass is 364 g/mol. The molecule has 0 atom stereocenters. The van der Waals surface area contributed by atoms with Gasteiger partial charge in [0.1, 0.15) is 5.82 Å². The van der Waals surface area contributed by atoms with Crippen LogP contribution in [0.2, 0.25) is 0 Å². The summed E-state index contributed by atoms with van der Waals surface area (Å²) in [6.45, 7) is 0. The second-order valence-corrected chi connectivity index (χ2v) is 8.36. The predicted molar refractivity (Wildman–Crippen MR) is 75.5 cm³/mol. The van der Waals surface area contributed by atoms with E-state index in [0.29, 0.717) is 22.9 Å². The molecule has 0 unspecified atom stereocenters. The Labute approximate surface area is 125 Å². The minimum atomic E-state index is -3.46. The third kappa shape index (κ3) is 4.28. The molecule has 0 amide bonds. The average Bonchev–Trinajstić information content (AvgIpc) is 2.91. The number of carboxylic acids is 1. The molecule has 0 saturated heterocycles. The van der Waals surface area contributed by atoms with Gasteiger partial charge in [-0.2, -0.15) is 0 Å². The van der Waals surface area contributed by atoms with Crippen LogP contribution >= 0.6 is 15.9 Å². The number of benzene rings is 1. The van der Waals surface area contributed by atoms with Crippen molar-refractivity contribution in [1.29, 1.82) is 0 Å². The number of hydrogen-bond donors (Lipinski definition) is 1. The summed E-state index contributed by atoms with van der Waals surface area (Å²) < 4.78 is 38.0. The molecule has 1 aromatic carbocycles. The predicted octanol–water partition coefficient (Wildman–Crippen LogP) is 2.76. The van der Waals surface area contributed by atoms with E-state index in [1.807, 2.05) is 0 Å². The minimum Gasteiger partial charge on any atom is -0.481 e. The molecule has 0 aliphatic heterocycles. The van der Waals surface area contributed by atoms with E-state index in [4.69, 9.17) is 5.11 Å². The second kappa shape index (κ2) is 5.44. The van der Waals surface area contributed by atoms with Crippen LogP contribution in [0.4, 0.5) is 4.39 Å². The highest BCUT2D eigenvalue weighted by atomic mass is 79.9. The lowest BCUT2D eigenvalue weighted by Crippen LogP contribution is -2.21. The van der Waals surface area contributed by atoms with Gasteiger partial charge < -0.3 is 5.11 Å². The van der Waals surface area contributed by atoms with Gasteiger partial charge in [0.25, 0.3) is 0 Å². The average molecular weight is 365 g/mol. The Morgan fingerprint density at radius 3 is 2.50 bits per heavy atom. The Hall–Kier alpha value is -0.950. The van der Waals surface area contributed by atoms with Crippen molar-refractivity contribution in [3.05, 3.63) is 34.1 Å². The zero-order chi connectivity index (χ0) is 15.0. The first-order valence-corrected chi connectivity index (χ1v) is 8.68. The normalized spacial score (nSPS) is 16.9. The fourth-order valence-electron chi connectivity index (χ4n) is 2.34. The molecule has 1 aliphatic rings. The van der Waals surface area contributed by atoms with Crippen LogP contribution in [-0.4, -0.2) is 25.2 Å². The van der Waals surface area contributed by atoms with Crippen molar-refractivity contribution in [2.75, 3.05) is 5.75 Å². The molecule has 1 fully saturated rings. The van der Waals surface area contributed by atoms with Gasteiger partial charge in [-0.05, 0) is 42.0 Å². The maximum Gasteiger partial charge on any atom is 0.303 e. The third-order valence-electron chi connectivity index (χ3n) is 3.32. The van der Waals surface area contributed by atoms with Crippen LogP contribution in [-0.2, 0) is 20.4 Å². The van der Waals surface area contributed by atoms with Gasteiger partial charge in [0.05, 0.1) is 17.9 Å². The van der Waals surface area contributed by atoms with Gasteiger partial charge in [-0.3, -0.25) is 4.79 Å². The van der Waals surface area contributed by atoms with Crippen molar-refractivity contribution >= 4 is 31.7 Å². The van der Waals surface area contributed by atoms with Gasteiger partial charge in [0.15, 0.2) is 9.84 Å². The topological polar surface area (TPSA) is 71.4 Å². The van der Waals surface area contributed by atoms with E-state index < -0.39 is 27.0 Å². The van der Waals surface area contributed by atoms with Crippen LogP contribution in [0.15, 0.2) is 22.7 Å². The lowest BCUT2D eigenvalue weighted by atomic mass is 10.1. The molecular formula is C13H14BrFO4S. The first-order valence-electron chi connectivity index (χ1n) is 6.07. The molecule has 1 N–H and O–H groups in total. The van der Waals surface area contributed by atoms with Crippen molar-refractivity contribution < 1.29 is 22.7 Å². The van der Waals surface area contributed by atoms with E-state index in [0.717, 1.165) is 0 Å². The van der Waals surface area contributed by atoms with Gasteiger partial charge in [-0.1, -0.05) is 15.9 Å². The van der Waals surface area contributed by atoms with Crippen LogP contribution in [0.5, 0.6) is 0 Å². The summed E-state index contributed by atoms with van der Waals surface area (Å²) in [5.74, 6) is -1.91. The van der Waals surface area contributed by atoms with Crippen molar-refractivity contribution in [3.63, 3.8) is 0 Å². The maximum atomic E-state index is 13.2. The molecule has 2 rings (SSSR count). The zero-order valence-electron chi connectivity index (χ0n) is 10.6. The first kappa shape index (κ1) is 15.4. The summed E-state index contributed by atoms with van der Waals surface area (Å²) in [5, 5.41) is 8.80. The number of carbonyl (C=O) groups is 1. The SMILES string of the molecule is O=C(O)CC1(CS(=O)(=O)Cc2cc(F)cc(Br)c2)CC1. The number of rotatable bonds is 6. The molecule has 1 aliphatic carbocycles. The molecular weight excluding hydrogens is 351 g/mol. The number of hydrogen-bond acceptors (Lipinski definition) is 3. The van der Waals surface area contributed by atoms with E-state index in [1.165, 1.54) is 12.1 Å². The summed E-state index contributed by atoms with van der Waals surface area (Å²) in [6.07, 6.45) is 1.11. The van der Waals surface area contributed by atoms with Crippen LogP contribution in [0.25, 0.3) is 0 Å². The molecule has 110 valence electrons. The van der Waals surface area contributed by atoms with Gasteiger partial charge in [0, 0.05) is 4.47 Å². The van der Waals surface area contributed by atoms with Crippen molar-refractivity contribution in [3.8, 4) is 0 Å². The van der Waals surface area contributed by atoms with Gasteiger partial charge in [-0.15, -0.1) is 0 Å². The molecule has 1 aromatic rings. The Morgan fingerprint density at radius 1 is 1.35 bits per heavy atom. The Morgan fingerprint density at radius 2 is 2.00 bits per heavy atom. The summed E-state index contributed by atoms with van der Waals surface area (Å²) >= 11 is 3.11.